The van der Waals surface area contributed by atoms with E-state index in [1.807, 2.05) is 30.3 Å². The Kier molecular flexibility index (Phi) is 6.62. The molecule has 0 N–H and O–H groups in total. The average molecular weight is 481 g/mol. The lowest BCUT2D eigenvalue weighted by molar-refractivity contribution is 0.0472. The summed E-state index contributed by atoms with van der Waals surface area (Å²) in [5, 5.41) is 4.81. The Morgan fingerprint density at radius 3 is 2.33 bits per heavy atom. The summed E-state index contributed by atoms with van der Waals surface area (Å²) in [7, 11) is -3.53. The maximum Gasteiger partial charge on any atom is 0.338 e. The van der Waals surface area contributed by atoms with E-state index >= 15 is 0 Å². The van der Waals surface area contributed by atoms with E-state index in [9.17, 15) is 13.2 Å². The molecule has 0 aliphatic heterocycles. The Morgan fingerprint density at radius 1 is 0.970 bits per heavy atom. The van der Waals surface area contributed by atoms with E-state index in [1.54, 1.807) is 60.1 Å². The van der Waals surface area contributed by atoms with Crippen LogP contribution in [0.25, 0.3) is 5.69 Å². The van der Waals surface area contributed by atoms with Gasteiger partial charge in [-0.15, -0.1) is 0 Å². The van der Waals surface area contributed by atoms with Gasteiger partial charge in [0, 0.05) is 5.56 Å². The van der Waals surface area contributed by atoms with Gasteiger partial charge in [-0.25, -0.2) is 17.9 Å². The Bertz CT molecular complexity index is 1380. The molecule has 0 unspecified atom stereocenters. The van der Waals surface area contributed by atoms with Crippen molar-refractivity contribution in [1.29, 1.82) is 0 Å². The van der Waals surface area contributed by atoms with Gasteiger partial charge in [0.2, 0.25) is 0 Å². The Labute approximate surface area is 197 Å². The molecule has 4 rings (SSSR count). The van der Waals surface area contributed by atoms with Crippen LogP contribution in [0.4, 0.5) is 0 Å². The molecule has 0 aliphatic carbocycles. The Balaban J connectivity index is 1.48. The van der Waals surface area contributed by atoms with E-state index in [-0.39, 0.29) is 22.8 Å². The van der Waals surface area contributed by atoms with Gasteiger partial charge in [0.15, 0.2) is 9.84 Å². The minimum Gasteiger partial charge on any atom is -0.457 e. The number of ether oxygens (including phenoxy) is 1. The molecule has 6 nitrogen and oxygen atoms in total. The van der Waals surface area contributed by atoms with Crippen LogP contribution in [0.15, 0.2) is 89.8 Å². The number of carbonyl (C=O) groups excluding carboxylic acids is 1. The molecular weight excluding hydrogens is 460 g/mol. The third kappa shape index (κ3) is 5.16. The zero-order valence-electron chi connectivity index (χ0n) is 17.8. The molecule has 8 heteroatoms. The number of benzene rings is 3. The Morgan fingerprint density at radius 2 is 1.64 bits per heavy atom. The van der Waals surface area contributed by atoms with Gasteiger partial charge in [0.05, 0.1) is 27.6 Å². The number of rotatable bonds is 7. The summed E-state index contributed by atoms with van der Waals surface area (Å²) in [5.74, 6) is -0.788. The topological polar surface area (TPSA) is 78.3 Å². The number of carbonyl (C=O) groups is 1. The van der Waals surface area contributed by atoms with Gasteiger partial charge in [-0.1, -0.05) is 60.1 Å². The Hall–Kier alpha value is -3.42. The predicted octanol–water partition coefficient (Wildman–Crippen LogP) is 5.17. The highest BCUT2D eigenvalue weighted by molar-refractivity contribution is 7.90. The van der Waals surface area contributed by atoms with Crippen molar-refractivity contribution in [2.45, 2.75) is 24.2 Å². The average Bonchev–Trinajstić information content (AvgIpc) is 3.11. The van der Waals surface area contributed by atoms with Crippen molar-refractivity contribution >= 4 is 27.4 Å². The number of hydrogen-bond donors (Lipinski definition) is 0. The van der Waals surface area contributed by atoms with Gasteiger partial charge < -0.3 is 4.74 Å². The maximum absolute atomic E-state index is 12.7. The molecule has 1 aromatic heterocycles. The molecule has 0 saturated heterocycles. The number of hydrogen-bond acceptors (Lipinski definition) is 5. The number of halogens is 1. The number of nitrogens with zero attached hydrogens (tertiary/aromatic N) is 2. The predicted molar refractivity (Wildman–Crippen MR) is 126 cm³/mol. The molecule has 0 fully saturated rings. The van der Waals surface area contributed by atoms with Gasteiger partial charge in [-0.3, -0.25) is 0 Å². The van der Waals surface area contributed by atoms with Crippen molar-refractivity contribution < 1.29 is 17.9 Å². The van der Waals surface area contributed by atoms with Crippen LogP contribution in [0.2, 0.25) is 5.15 Å². The molecule has 0 atom stereocenters. The maximum atomic E-state index is 12.7. The largest absolute Gasteiger partial charge is 0.457 e. The fraction of sp³-hybridized carbons (Fsp3) is 0.120. The second-order valence-electron chi connectivity index (χ2n) is 7.45. The van der Waals surface area contributed by atoms with Crippen molar-refractivity contribution in [3.63, 3.8) is 0 Å². The summed E-state index contributed by atoms with van der Waals surface area (Å²) in [4.78, 5) is 12.9. The molecule has 33 heavy (non-hydrogen) atoms. The summed E-state index contributed by atoms with van der Waals surface area (Å²) in [6.45, 7) is 1.74. The van der Waals surface area contributed by atoms with Crippen molar-refractivity contribution in [2.24, 2.45) is 0 Å². The van der Waals surface area contributed by atoms with Crippen LogP contribution in [0, 0.1) is 6.92 Å². The number of esters is 1. The summed E-state index contributed by atoms with van der Waals surface area (Å²) in [6, 6.07) is 24.1. The highest BCUT2D eigenvalue weighted by atomic mass is 35.5. The van der Waals surface area contributed by atoms with Gasteiger partial charge >= 0.3 is 5.97 Å². The third-order valence-electron chi connectivity index (χ3n) is 5.09. The molecule has 0 amide bonds. The molecule has 0 bridgehead atoms. The number of para-hydroxylation sites is 1. The molecule has 4 aromatic rings. The van der Waals surface area contributed by atoms with Crippen molar-refractivity contribution in [3.05, 3.63) is 112 Å². The molecule has 3 aromatic carbocycles. The highest BCUT2D eigenvalue weighted by Crippen LogP contribution is 2.25. The van der Waals surface area contributed by atoms with Gasteiger partial charge in [0.1, 0.15) is 11.8 Å². The van der Waals surface area contributed by atoms with Crippen LogP contribution in [0.3, 0.4) is 0 Å². The summed E-state index contributed by atoms with van der Waals surface area (Å²) >= 11 is 6.49. The van der Waals surface area contributed by atoms with Crippen molar-refractivity contribution in [3.8, 4) is 5.69 Å². The first-order valence-electron chi connectivity index (χ1n) is 10.2. The fourth-order valence-electron chi connectivity index (χ4n) is 3.38. The van der Waals surface area contributed by atoms with Crippen LogP contribution in [-0.4, -0.2) is 24.2 Å². The normalized spacial score (nSPS) is 11.3. The van der Waals surface area contributed by atoms with E-state index in [1.165, 1.54) is 6.07 Å². The first-order valence-corrected chi connectivity index (χ1v) is 12.2. The molecule has 1 heterocycles. The number of sulfone groups is 1. The minimum atomic E-state index is -3.53. The van der Waals surface area contributed by atoms with Crippen LogP contribution in [0.1, 0.15) is 27.2 Å². The van der Waals surface area contributed by atoms with E-state index in [0.717, 1.165) is 5.69 Å². The first kappa shape index (κ1) is 22.8. The van der Waals surface area contributed by atoms with Crippen LogP contribution in [0.5, 0.6) is 0 Å². The second kappa shape index (κ2) is 9.60. The van der Waals surface area contributed by atoms with E-state index in [0.29, 0.717) is 22.0 Å². The lowest BCUT2D eigenvalue weighted by Crippen LogP contribution is -2.08. The molecular formula is C25H21ClN2O4S. The molecule has 0 saturated carbocycles. The van der Waals surface area contributed by atoms with Crippen LogP contribution < -0.4 is 0 Å². The standard InChI is InChI=1S/C25H21ClN2O4S/c1-18-23(24(26)28(27-18)21-11-4-2-5-12-21)16-32-25(29)20-10-8-9-19(15-20)17-33(30,31)22-13-6-3-7-14-22/h2-15H,16-17H2,1H3. The van der Waals surface area contributed by atoms with E-state index in [4.69, 9.17) is 16.3 Å². The minimum absolute atomic E-state index is 0.0527. The van der Waals surface area contributed by atoms with Crippen molar-refractivity contribution in [2.75, 3.05) is 0 Å². The summed E-state index contributed by atoms with van der Waals surface area (Å²) in [5.41, 5.74) is 2.82. The van der Waals surface area contributed by atoms with Gasteiger partial charge in [0.25, 0.3) is 0 Å². The molecule has 0 radical (unpaired) electrons. The molecule has 168 valence electrons. The summed E-state index contributed by atoms with van der Waals surface area (Å²) < 4.78 is 32.4. The molecule has 0 spiro atoms. The van der Waals surface area contributed by atoms with Gasteiger partial charge in [-0.05, 0) is 48.9 Å². The second-order valence-corrected chi connectivity index (χ2v) is 9.80. The quantitative estimate of drug-likeness (QED) is 0.341. The zero-order valence-corrected chi connectivity index (χ0v) is 19.4. The van der Waals surface area contributed by atoms with E-state index < -0.39 is 15.8 Å². The summed E-state index contributed by atoms with van der Waals surface area (Å²) in [6.07, 6.45) is 0. The highest BCUT2D eigenvalue weighted by Gasteiger charge is 2.19. The smallest absolute Gasteiger partial charge is 0.338 e. The lowest BCUT2D eigenvalue weighted by atomic mass is 10.1. The fourth-order valence-corrected chi connectivity index (χ4v) is 5.06. The van der Waals surface area contributed by atoms with Crippen LogP contribution >= 0.6 is 11.6 Å². The van der Waals surface area contributed by atoms with Crippen LogP contribution in [-0.2, 0) is 26.9 Å². The number of aromatic nitrogens is 2. The first-order chi connectivity index (χ1) is 15.8. The van der Waals surface area contributed by atoms with Crippen molar-refractivity contribution in [1.82, 2.24) is 9.78 Å². The van der Waals surface area contributed by atoms with E-state index in [2.05, 4.69) is 5.10 Å². The zero-order chi connectivity index (χ0) is 23.4. The monoisotopic (exact) mass is 480 g/mol. The molecule has 0 aliphatic rings. The lowest BCUT2D eigenvalue weighted by Gasteiger charge is -2.08. The van der Waals surface area contributed by atoms with Gasteiger partial charge in [-0.2, -0.15) is 5.10 Å². The third-order valence-corrected chi connectivity index (χ3v) is 7.18. The number of aryl methyl sites for hydroxylation is 1. The SMILES string of the molecule is Cc1nn(-c2ccccc2)c(Cl)c1COC(=O)c1cccc(CS(=O)(=O)c2ccccc2)c1.